The molecule has 2 aromatic rings. The molecule has 1 saturated heterocycles. The Kier molecular flexibility index (Phi) is 7.00. The number of rotatable bonds is 6. The van der Waals surface area contributed by atoms with Crippen LogP contribution in [0.4, 0.5) is 0 Å². The number of guanidine groups is 1. The molecule has 2 fully saturated rings. The molecule has 0 atom stereocenters. The van der Waals surface area contributed by atoms with Gasteiger partial charge in [0.25, 0.3) is 0 Å². The quantitative estimate of drug-likeness (QED) is 0.567. The first-order valence-electron chi connectivity index (χ1n) is 11.4. The van der Waals surface area contributed by atoms with Crippen molar-refractivity contribution in [2.75, 3.05) is 13.1 Å². The summed E-state index contributed by atoms with van der Waals surface area (Å²) >= 11 is 0. The van der Waals surface area contributed by atoms with Gasteiger partial charge in [0.15, 0.2) is 11.8 Å². The minimum absolute atomic E-state index is 0.464. The van der Waals surface area contributed by atoms with Crippen molar-refractivity contribution in [3.05, 3.63) is 47.5 Å². The van der Waals surface area contributed by atoms with E-state index in [2.05, 4.69) is 50.0 Å². The Morgan fingerprint density at radius 3 is 2.47 bits per heavy atom. The molecule has 0 radical (unpaired) electrons. The van der Waals surface area contributed by atoms with Gasteiger partial charge in [0, 0.05) is 32.2 Å². The highest BCUT2D eigenvalue weighted by molar-refractivity contribution is 5.80. The van der Waals surface area contributed by atoms with Gasteiger partial charge in [-0.1, -0.05) is 43.2 Å². The maximum atomic E-state index is 4.86. The maximum absolute atomic E-state index is 4.86. The zero-order chi connectivity index (χ0) is 20.8. The summed E-state index contributed by atoms with van der Waals surface area (Å²) in [5.41, 5.74) is 1.21. The van der Waals surface area contributed by atoms with E-state index in [1.165, 1.54) is 57.2 Å². The summed E-state index contributed by atoms with van der Waals surface area (Å²) in [4.78, 5) is 7.57. The monoisotopic (exact) mass is 409 g/mol. The molecule has 30 heavy (non-hydrogen) atoms. The minimum atomic E-state index is 0.464. The van der Waals surface area contributed by atoms with E-state index in [1.54, 1.807) is 0 Å². The fraction of sp³-hybridized carbons (Fsp3) is 0.609. The second-order valence-electron chi connectivity index (χ2n) is 8.62. The second kappa shape index (κ2) is 10.1. The van der Waals surface area contributed by atoms with E-state index >= 15 is 0 Å². The molecule has 7 nitrogen and oxygen atoms in total. The number of hydrogen-bond donors (Lipinski definition) is 2. The molecule has 0 unspecified atom stereocenters. The molecule has 1 aromatic heterocycles. The van der Waals surface area contributed by atoms with Gasteiger partial charge in [-0.15, -0.1) is 10.2 Å². The van der Waals surface area contributed by atoms with Crippen LogP contribution < -0.4 is 10.6 Å². The molecule has 2 heterocycles. The van der Waals surface area contributed by atoms with Gasteiger partial charge in [0.2, 0.25) is 0 Å². The van der Waals surface area contributed by atoms with Crippen molar-refractivity contribution in [1.29, 1.82) is 0 Å². The van der Waals surface area contributed by atoms with Gasteiger partial charge in [-0.2, -0.15) is 0 Å². The Bertz CT molecular complexity index is 815. The largest absolute Gasteiger partial charge is 0.354 e. The van der Waals surface area contributed by atoms with Crippen molar-refractivity contribution in [2.24, 2.45) is 12.0 Å². The molecule has 0 spiro atoms. The van der Waals surface area contributed by atoms with E-state index in [-0.39, 0.29) is 0 Å². The molecular weight excluding hydrogens is 374 g/mol. The van der Waals surface area contributed by atoms with Crippen LogP contribution in [0.3, 0.4) is 0 Å². The normalized spacial score (nSPS) is 19.3. The standard InChI is InChI=1S/C23H35N7/c1-18-27-28-22(29(18)2)17-25-23(24-16-19-8-4-3-5-9-19)26-20-12-14-30(15-13-20)21-10-6-7-11-21/h3-5,8-9,20-21H,6-7,10-17H2,1-2H3,(H2,24,25,26). The molecular formula is C23H35N7. The van der Waals surface area contributed by atoms with Gasteiger partial charge >= 0.3 is 0 Å². The van der Waals surface area contributed by atoms with Gasteiger partial charge in [-0.05, 0) is 38.2 Å². The number of aryl methyl sites for hydroxylation is 1. The van der Waals surface area contributed by atoms with Crippen LogP contribution in [-0.4, -0.2) is 50.8 Å². The molecule has 0 bridgehead atoms. The topological polar surface area (TPSA) is 70.4 Å². The third-order valence-electron chi connectivity index (χ3n) is 6.57. The van der Waals surface area contributed by atoms with Crippen LogP contribution in [0.15, 0.2) is 35.3 Å². The summed E-state index contributed by atoms with van der Waals surface area (Å²) in [6, 6.07) is 11.7. The van der Waals surface area contributed by atoms with Gasteiger partial charge < -0.3 is 20.1 Å². The van der Waals surface area contributed by atoms with Gasteiger partial charge in [0.1, 0.15) is 5.82 Å². The first-order chi connectivity index (χ1) is 14.7. The van der Waals surface area contributed by atoms with Crippen molar-refractivity contribution >= 4 is 5.96 Å². The van der Waals surface area contributed by atoms with Gasteiger partial charge in [-0.25, -0.2) is 4.99 Å². The fourth-order valence-corrected chi connectivity index (χ4v) is 4.55. The summed E-state index contributed by atoms with van der Waals surface area (Å²) in [6.45, 7) is 5.62. The molecule has 7 heteroatoms. The number of likely N-dealkylation sites (tertiary alicyclic amines) is 1. The first kappa shape index (κ1) is 20.8. The van der Waals surface area contributed by atoms with E-state index in [0.29, 0.717) is 19.1 Å². The predicted octanol–water partition coefficient (Wildman–Crippen LogP) is 2.77. The summed E-state index contributed by atoms with van der Waals surface area (Å²) in [5, 5.41) is 15.6. The van der Waals surface area contributed by atoms with E-state index in [9.17, 15) is 0 Å². The van der Waals surface area contributed by atoms with E-state index < -0.39 is 0 Å². The van der Waals surface area contributed by atoms with Crippen LogP contribution in [0.1, 0.15) is 55.7 Å². The van der Waals surface area contributed by atoms with Crippen LogP contribution in [0.5, 0.6) is 0 Å². The third kappa shape index (κ3) is 5.39. The Morgan fingerprint density at radius 1 is 1.07 bits per heavy atom. The Labute approximate surface area is 180 Å². The van der Waals surface area contributed by atoms with E-state index in [0.717, 1.165) is 23.7 Å². The summed E-state index contributed by atoms with van der Waals surface area (Å²) in [7, 11) is 2.00. The van der Waals surface area contributed by atoms with E-state index in [1.807, 2.05) is 24.6 Å². The van der Waals surface area contributed by atoms with Crippen LogP contribution in [-0.2, 0) is 20.1 Å². The number of aromatic nitrogens is 3. The maximum Gasteiger partial charge on any atom is 0.192 e. The zero-order valence-corrected chi connectivity index (χ0v) is 18.3. The molecule has 0 amide bonds. The highest BCUT2D eigenvalue weighted by Gasteiger charge is 2.27. The van der Waals surface area contributed by atoms with Crippen molar-refractivity contribution < 1.29 is 0 Å². The molecule has 1 aliphatic heterocycles. The molecule has 1 aliphatic carbocycles. The number of benzene rings is 1. The summed E-state index contributed by atoms with van der Waals surface area (Å²) < 4.78 is 2.02. The minimum Gasteiger partial charge on any atom is -0.354 e. The lowest BCUT2D eigenvalue weighted by Gasteiger charge is -2.36. The van der Waals surface area contributed by atoms with Crippen LogP contribution in [0.25, 0.3) is 0 Å². The average molecular weight is 410 g/mol. The lowest BCUT2D eigenvalue weighted by molar-refractivity contribution is 0.150. The molecule has 1 saturated carbocycles. The zero-order valence-electron chi connectivity index (χ0n) is 18.3. The second-order valence-corrected chi connectivity index (χ2v) is 8.62. The fourth-order valence-electron chi connectivity index (χ4n) is 4.55. The first-order valence-corrected chi connectivity index (χ1v) is 11.4. The number of nitrogens with zero attached hydrogens (tertiary/aromatic N) is 5. The Hall–Kier alpha value is -2.41. The molecule has 1 aromatic carbocycles. The third-order valence-corrected chi connectivity index (χ3v) is 6.57. The lowest BCUT2D eigenvalue weighted by Crippen LogP contribution is -2.50. The molecule has 2 N–H and O–H groups in total. The van der Waals surface area contributed by atoms with Crippen LogP contribution >= 0.6 is 0 Å². The van der Waals surface area contributed by atoms with Crippen molar-refractivity contribution in [1.82, 2.24) is 30.3 Å². The Balaban J connectivity index is 1.36. The highest BCUT2D eigenvalue weighted by Crippen LogP contribution is 2.26. The van der Waals surface area contributed by atoms with Crippen molar-refractivity contribution in [3.8, 4) is 0 Å². The predicted molar refractivity (Wildman–Crippen MR) is 120 cm³/mol. The van der Waals surface area contributed by atoms with Gasteiger partial charge in [-0.3, -0.25) is 0 Å². The van der Waals surface area contributed by atoms with Crippen LogP contribution in [0, 0.1) is 6.92 Å². The van der Waals surface area contributed by atoms with Crippen LogP contribution in [0.2, 0.25) is 0 Å². The number of piperidine rings is 1. The van der Waals surface area contributed by atoms with Gasteiger partial charge in [0.05, 0.1) is 13.1 Å². The van der Waals surface area contributed by atoms with Crippen molar-refractivity contribution in [2.45, 2.75) is 70.6 Å². The summed E-state index contributed by atoms with van der Waals surface area (Å²) in [6.07, 6.45) is 7.94. The van der Waals surface area contributed by atoms with Crippen molar-refractivity contribution in [3.63, 3.8) is 0 Å². The molecule has 2 aliphatic rings. The average Bonchev–Trinajstić information content (AvgIpc) is 3.43. The molecule has 4 rings (SSSR count). The number of aliphatic imine (C=N–C) groups is 1. The number of hydrogen-bond acceptors (Lipinski definition) is 4. The number of nitrogens with one attached hydrogen (secondary N) is 2. The summed E-state index contributed by atoms with van der Waals surface area (Å²) in [5.74, 6) is 2.69. The van der Waals surface area contributed by atoms with E-state index in [4.69, 9.17) is 4.99 Å². The molecule has 162 valence electrons. The smallest absolute Gasteiger partial charge is 0.192 e. The lowest BCUT2D eigenvalue weighted by atomic mass is 10.0. The Morgan fingerprint density at radius 2 is 1.80 bits per heavy atom. The SMILES string of the molecule is Cc1nnc(CNC(=NCc2ccccc2)NC2CCN(C3CCCC3)CC2)n1C. The highest BCUT2D eigenvalue weighted by atomic mass is 15.3.